The number of hydrogen-bond donors (Lipinski definition) is 2. The van der Waals surface area contributed by atoms with Crippen molar-refractivity contribution in [1.29, 1.82) is 0 Å². The van der Waals surface area contributed by atoms with Gasteiger partial charge in [0.05, 0.1) is 18.5 Å². The van der Waals surface area contributed by atoms with Gasteiger partial charge in [0.15, 0.2) is 5.16 Å². The van der Waals surface area contributed by atoms with Crippen molar-refractivity contribution in [3.63, 3.8) is 0 Å². The number of nitrogens with zero attached hydrogens (tertiary/aromatic N) is 2. The minimum absolute atomic E-state index is 0.0278. The molecule has 0 aliphatic rings. The van der Waals surface area contributed by atoms with E-state index in [-0.39, 0.29) is 35.8 Å². The molecule has 1 aromatic heterocycles. The first-order valence-corrected chi connectivity index (χ1v) is 9.82. The number of nitrogen functional groups attached to an aromatic ring is 1. The number of nitrogens with one attached hydrogen (secondary N) is 1. The van der Waals surface area contributed by atoms with Gasteiger partial charge in [0.25, 0.3) is 0 Å². The summed E-state index contributed by atoms with van der Waals surface area (Å²) in [7, 11) is 0. The van der Waals surface area contributed by atoms with Crippen LogP contribution < -0.4 is 15.8 Å². The number of carbonyl (C=O) groups excluding carboxylic acids is 2. The molecule has 0 spiro atoms. The van der Waals surface area contributed by atoms with Gasteiger partial charge in [-0.15, -0.1) is 0 Å². The lowest BCUT2D eigenvalue weighted by Crippen LogP contribution is -2.24. The van der Waals surface area contributed by atoms with Gasteiger partial charge in [0, 0.05) is 12.7 Å². The van der Waals surface area contributed by atoms with Crippen LogP contribution in [0.2, 0.25) is 0 Å². The van der Waals surface area contributed by atoms with Crippen molar-refractivity contribution in [1.82, 2.24) is 15.3 Å². The molecule has 0 saturated carbocycles. The third-order valence-corrected chi connectivity index (χ3v) is 4.27. The Hall–Kier alpha value is -2.81. The molecule has 9 heteroatoms. The summed E-state index contributed by atoms with van der Waals surface area (Å²) >= 11 is 1.13. The molecule has 1 heterocycles. The number of nitrogens with two attached hydrogens (primary N) is 1. The highest BCUT2D eigenvalue weighted by molar-refractivity contribution is 7.99. The molecular weight excluding hydrogens is 380 g/mol. The van der Waals surface area contributed by atoms with Crippen molar-refractivity contribution >= 4 is 29.5 Å². The fourth-order valence-corrected chi connectivity index (χ4v) is 2.81. The lowest BCUT2D eigenvalue weighted by atomic mass is 10.2. The molecule has 0 bridgehead atoms. The Kier molecular flexibility index (Phi) is 8.06. The van der Waals surface area contributed by atoms with Crippen molar-refractivity contribution in [2.24, 2.45) is 0 Å². The molecular formula is C19H24N4O4S. The van der Waals surface area contributed by atoms with Gasteiger partial charge < -0.3 is 20.5 Å². The minimum Gasteiger partial charge on any atom is -0.491 e. The number of aromatic nitrogens is 2. The van der Waals surface area contributed by atoms with E-state index in [2.05, 4.69) is 15.3 Å². The number of carbonyl (C=O) groups is 2. The van der Waals surface area contributed by atoms with Crippen LogP contribution in [0.1, 0.15) is 36.7 Å². The van der Waals surface area contributed by atoms with Crippen LogP contribution in [0.25, 0.3) is 0 Å². The topological polar surface area (TPSA) is 116 Å². The molecule has 8 nitrogen and oxygen atoms in total. The maximum Gasteiger partial charge on any atom is 0.343 e. The zero-order chi connectivity index (χ0) is 20.5. The average Bonchev–Trinajstić information content (AvgIpc) is 2.65. The fourth-order valence-electron chi connectivity index (χ4n) is 2.15. The van der Waals surface area contributed by atoms with Crippen LogP contribution in [0.15, 0.2) is 35.6 Å². The molecule has 1 aromatic carbocycles. The summed E-state index contributed by atoms with van der Waals surface area (Å²) in [6.45, 7) is 6.28. The quantitative estimate of drug-likeness (QED) is 0.372. The Morgan fingerprint density at radius 2 is 1.96 bits per heavy atom. The molecule has 0 saturated heterocycles. The Balaban J connectivity index is 1.80. The van der Waals surface area contributed by atoms with E-state index < -0.39 is 5.97 Å². The van der Waals surface area contributed by atoms with Gasteiger partial charge in [0.2, 0.25) is 5.91 Å². The Morgan fingerprint density at radius 1 is 1.25 bits per heavy atom. The van der Waals surface area contributed by atoms with E-state index in [0.717, 1.165) is 23.1 Å². The van der Waals surface area contributed by atoms with Crippen molar-refractivity contribution in [2.45, 2.75) is 38.6 Å². The monoisotopic (exact) mass is 404 g/mol. The number of esters is 1. The first kappa shape index (κ1) is 21.5. The Morgan fingerprint density at radius 3 is 2.57 bits per heavy atom. The molecule has 2 rings (SSSR count). The van der Waals surface area contributed by atoms with Crippen molar-refractivity contribution in [3.8, 4) is 5.75 Å². The van der Waals surface area contributed by atoms with Crippen LogP contribution in [0.4, 0.5) is 5.82 Å². The molecule has 0 aliphatic heterocycles. The smallest absolute Gasteiger partial charge is 0.343 e. The number of benzene rings is 1. The average molecular weight is 404 g/mol. The van der Waals surface area contributed by atoms with Gasteiger partial charge in [-0.1, -0.05) is 23.9 Å². The van der Waals surface area contributed by atoms with Gasteiger partial charge in [0.1, 0.15) is 17.1 Å². The van der Waals surface area contributed by atoms with E-state index in [1.165, 1.54) is 6.20 Å². The summed E-state index contributed by atoms with van der Waals surface area (Å²) in [5.74, 6) is 0.220. The zero-order valence-corrected chi connectivity index (χ0v) is 16.9. The molecule has 2 aromatic rings. The zero-order valence-electron chi connectivity index (χ0n) is 16.1. The second-order valence-corrected chi connectivity index (χ2v) is 6.99. The van der Waals surface area contributed by atoms with E-state index >= 15 is 0 Å². The highest BCUT2D eigenvalue weighted by Crippen LogP contribution is 2.17. The number of rotatable bonds is 9. The first-order chi connectivity index (χ1) is 13.4. The largest absolute Gasteiger partial charge is 0.491 e. The summed E-state index contributed by atoms with van der Waals surface area (Å²) in [6.07, 6.45) is 1.42. The highest BCUT2D eigenvalue weighted by Gasteiger charge is 2.14. The number of amides is 1. The predicted molar refractivity (Wildman–Crippen MR) is 107 cm³/mol. The van der Waals surface area contributed by atoms with Crippen molar-refractivity contribution < 1.29 is 19.1 Å². The van der Waals surface area contributed by atoms with E-state index in [9.17, 15) is 9.59 Å². The second-order valence-electron chi connectivity index (χ2n) is 6.05. The molecule has 0 atom stereocenters. The first-order valence-electron chi connectivity index (χ1n) is 8.83. The van der Waals surface area contributed by atoms with Crippen LogP contribution in [-0.2, 0) is 16.1 Å². The summed E-state index contributed by atoms with van der Waals surface area (Å²) in [5, 5.41) is 3.14. The minimum atomic E-state index is -0.570. The van der Waals surface area contributed by atoms with Crippen LogP contribution in [0.3, 0.4) is 0 Å². The number of anilines is 1. The third-order valence-electron chi connectivity index (χ3n) is 3.41. The van der Waals surface area contributed by atoms with Gasteiger partial charge in [-0.3, -0.25) is 4.79 Å². The van der Waals surface area contributed by atoms with E-state index in [1.807, 2.05) is 38.1 Å². The Bertz CT molecular complexity index is 812. The summed E-state index contributed by atoms with van der Waals surface area (Å²) in [5.41, 5.74) is 6.84. The third kappa shape index (κ3) is 6.73. The highest BCUT2D eigenvalue weighted by atomic mass is 32.2. The molecule has 0 fully saturated rings. The molecule has 1 amide bonds. The van der Waals surface area contributed by atoms with Gasteiger partial charge in [-0.2, -0.15) is 0 Å². The van der Waals surface area contributed by atoms with Crippen molar-refractivity contribution in [2.75, 3.05) is 18.1 Å². The van der Waals surface area contributed by atoms with E-state index in [1.54, 1.807) is 6.92 Å². The molecule has 0 unspecified atom stereocenters. The van der Waals surface area contributed by atoms with Crippen molar-refractivity contribution in [3.05, 3.63) is 41.6 Å². The van der Waals surface area contributed by atoms with Gasteiger partial charge in [-0.05, 0) is 38.5 Å². The summed E-state index contributed by atoms with van der Waals surface area (Å²) in [6, 6.07) is 7.56. The predicted octanol–water partition coefficient (Wildman–Crippen LogP) is 2.43. The second kappa shape index (κ2) is 10.5. The molecule has 28 heavy (non-hydrogen) atoms. The summed E-state index contributed by atoms with van der Waals surface area (Å²) in [4.78, 5) is 31.8. The summed E-state index contributed by atoms with van der Waals surface area (Å²) < 4.78 is 10.5. The van der Waals surface area contributed by atoms with Crippen LogP contribution in [-0.4, -0.2) is 40.3 Å². The van der Waals surface area contributed by atoms with Gasteiger partial charge >= 0.3 is 5.97 Å². The van der Waals surface area contributed by atoms with E-state index in [0.29, 0.717) is 11.7 Å². The molecule has 0 aliphatic carbocycles. The fraction of sp³-hybridized carbons (Fsp3) is 0.368. The van der Waals surface area contributed by atoms with E-state index in [4.69, 9.17) is 15.2 Å². The Labute approximate surface area is 168 Å². The van der Waals surface area contributed by atoms with Crippen LogP contribution in [0.5, 0.6) is 5.75 Å². The number of thioether (sulfide) groups is 1. The lowest BCUT2D eigenvalue weighted by molar-refractivity contribution is -0.118. The number of hydrogen-bond acceptors (Lipinski definition) is 8. The number of ether oxygens (including phenoxy) is 2. The van der Waals surface area contributed by atoms with Crippen LogP contribution in [0, 0.1) is 0 Å². The maximum absolute atomic E-state index is 12.0. The maximum atomic E-state index is 12.0. The SMILES string of the molecule is CCOC(=O)c1cnc(SCC(=O)NCc2ccc(OC(C)C)cc2)nc1N. The van der Waals surface area contributed by atoms with Crippen LogP contribution >= 0.6 is 11.8 Å². The van der Waals surface area contributed by atoms with Gasteiger partial charge in [-0.25, -0.2) is 14.8 Å². The lowest BCUT2D eigenvalue weighted by Gasteiger charge is -2.10. The molecule has 150 valence electrons. The standard InChI is InChI=1S/C19H24N4O4S/c1-4-26-18(25)15-10-22-19(23-17(15)20)28-11-16(24)21-9-13-5-7-14(8-6-13)27-12(2)3/h5-8,10,12H,4,9,11H2,1-3H3,(H,21,24)(H2,20,22,23). The normalized spacial score (nSPS) is 10.6. The molecule has 0 radical (unpaired) electrons. The molecule has 3 N–H and O–H groups in total.